The Hall–Kier alpha value is -1.51. The van der Waals surface area contributed by atoms with E-state index in [1.165, 1.54) is 19.1 Å². The average molecular weight is 275 g/mol. The Labute approximate surface area is 104 Å². The number of halogens is 1. The fraction of sp³-hybridized carbons (Fsp3) is 0.300. The highest BCUT2D eigenvalue weighted by Gasteiger charge is 2.11. The van der Waals surface area contributed by atoms with Crippen molar-refractivity contribution >= 4 is 15.9 Å². The van der Waals surface area contributed by atoms with E-state index in [9.17, 15) is 17.6 Å². The number of hydrazine groups is 1. The lowest BCUT2D eigenvalue weighted by Crippen LogP contribution is -2.30. The summed E-state index contributed by atoms with van der Waals surface area (Å²) in [6, 6.07) is 3.69. The Morgan fingerprint density at radius 3 is 2.61 bits per heavy atom. The molecule has 1 aromatic carbocycles. The summed E-state index contributed by atoms with van der Waals surface area (Å²) in [5.41, 5.74) is 2.10. The fourth-order valence-electron chi connectivity index (χ4n) is 1.21. The van der Waals surface area contributed by atoms with Crippen molar-refractivity contribution in [3.05, 3.63) is 35.1 Å². The van der Waals surface area contributed by atoms with E-state index in [0.717, 1.165) is 6.07 Å². The first-order valence-corrected chi connectivity index (χ1v) is 6.81. The van der Waals surface area contributed by atoms with E-state index in [0.29, 0.717) is 0 Å². The largest absolute Gasteiger partial charge is 0.290 e. The molecule has 0 fully saturated rings. The average Bonchev–Trinajstić information content (AvgIpc) is 2.36. The van der Waals surface area contributed by atoms with E-state index in [2.05, 4.69) is 4.72 Å². The summed E-state index contributed by atoms with van der Waals surface area (Å²) in [4.78, 5) is 11.1. The molecule has 1 aromatic rings. The van der Waals surface area contributed by atoms with Crippen LogP contribution in [0.25, 0.3) is 0 Å². The minimum absolute atomic E-state index is 0.0668. The number of nitrogens with one attached hydrogen (secondary N) is 2. The SMILES string of the molecule is CCS(=O)(=O)NCc1ccc(C(=O)NN)cc1F. The second kappa shape index (κ2) is 5.89. The molecular weight excluding hydrogens is 261 g/mol. The number of carbonyl (C=O) groups is 1. The van der Waals surface area contributed by atoms with Gasteiger partial charge in [0.25, 0.3) is 5.91 Å². The van der Waals surface area contributed by atoms with Crippen molar-refractivity contribution in [3.63, 3.8) is 0 Å². The molecule has 6 nitrogen and oxygen atoms in total. The number of benzene rings is 1. The molecule has 0 aliphatic rings. The highest BCUT2D eigenvalue weighted by Crippen LogP contribution is 2.10. The number of sulfonamides is 1. The standard InChI is InChI=1S/C10H14FN3O3S/c1-2-18(16,17)13-6-8-4-3-7(5-9(8)11)10(15)14-12/h3-5,13H,2,6,12H2,1H3,(H,14,15). The molecule has 0 spiro atoms. The number of nitrogens with two attached hydrogens (primary N) is 1. The van der Waals surface area contributed by atoms with Gasteiger partial charge in [-0.05, 0) is 19.1 Å². The highest BCUT2D eigenvalue weighted by molar-refractivity contribution is 7.89. The Balaban J connectivity index is 2.84. The first-order valence-electron chi connectivity index (χ1n) is 5.16. The van der Waals surface area contributed by atoms with Crippen LogP contribution in [0.4, 0.5) is 4.39 Å². The van der Waals surface area contributed by atoms with Gasteiger partial charge in [0.2, 0.25) is 10.0 Å². The van der Waals surface area contributed by atoms with Gasteiger partial charge in [-0.3, -0.25) is 10.2 Å². The molecule has 0 atom stereocenters. The summed E-state index contributed by atoms with van der Waals surface area (Å²) in [7, 11) is -3.38. The molecule has 18 heavy (non-hydrogen) atoms. The summed E-state index contributed by atoms with van der Waals surface area (Å²) < 4.78 is 38.2. The van der Waals surface area contributed by atoms with Crippen molar-refractivity contribution in [1.29, 1.82) is 0 Å². The Bertz CT molecular complexity index is 545. The first-order chi connectivity index (χ1) is 8.39. The predicted octanol–water partition coefficient (Wildman–Crippen LogP) is -0.132. The molecular formula is C10H14FN3O3S. The number of nitrogen functional groups attached to an aromatic ring is 1. The number of amides is 1. The van der Waals surface area contributed by atoms with E-state index in [4.69, 9.17) is 5.84 Å². The van der Waals surface area contributed by atoms with Crippen LogP contribution in [0.2, 0.25) is 0 Å². The molecule has 1 rings (SSSR count). The van der Waals surface area contributed by atoms with Gasteiger partial charge in [-0.15, -0.1) is 0 Å². The molecule has 0 heterocycles. The van der Waals surface area contributed by atoms with Gasteiger partial charge in [0.1, 0.15) is 5.82 Å². The van der Waals surface area contributed by atoms with Crippen molar-refractivity contribution < 1.29 is 17.6 Å². The zero-order valence-electron chi connectivity index (χ0n) is 9.73. The van der Waals surface area contributed by atoms with Crippen molar-refractivity contribution in [2.24, 2.45) is 5.84 Å². The maximum absolute atomic E-state index is 13.6. The molecule has 0 aliphatic heterocycles. The summed E-state index contributed by atoms with van der Waals surface area (Å²) in [6.45, 7) is 1.32. The van der Waals surface area contributed by atoms with E-state index in [1.54, 1.807) is 0 Å². The maximum atomic E-state index is 13.6. The van der Waals surface area contributed by atoms with E-state index in [1.807, 2.05) is 5.43 Å². The predicted molar refractivity (Wildman–Crippen MR) is 64.4 cm³/mol. The first kappa shape index (κ1) is 14.6. The van der Waals surface area contributed by atoms with Gasteiger partial charge < -0.3 is 0 Å². The number of hydrogen-bond donors (Lipinski definition) is 3. The third kappa shape index (κ3) is 3.76. The molecule has 4 N–H and O–H groups in total. The highest BCUT2D eigenvalue weighted by atomic mass is 32.2. The van der Waals surface area contributed by atoms with Crippen LogP contribution in [0.5, 0.6) is 0 Å². The van der Waals surface area contributed by atoms with Crippen LogP contribution in [0.3, 0.4) is 0 Å². The van der Waals surface area contributed by atoms with Crippen LogP contribution >= 0.6 is 0 Å². The van der Waals surface area contributed by atoms with Crippen molar-refractivity contribution in [2.75, 3.05) is 5.75 Å². The smallest absolute Gasteiger partial charge is 0.265 e. The molecule has 0 bridgehead atoms. The second-order valence-electron chi connectivity index (χ2n) is 3.50. The molecule has 0 unspecified atom stereocenters. The molecule has 0 saturated carbocycles. The normalized spacial score (nSPS) is 11.3. The summed E-state index contributed by atoms with van der Waals surface area (Å²) in [5.74, 6) is 3.54. The monoisotopic (exact) mass is 275 g/mol. The second-order valence-corrected chi connectivity index (χ2v) is 5.60. The van der Waals surface area contributed by atoms with Crippen molar-refractivity contribution in [3.8, 4) is 0 Å². The topological polar surface area (TPSA) is 101 Å². The fourth-order valence-corrected chi connectivity index (χ4v) is 1.78. The van der Waals surface area contributed by atoms with Crippen LogP contribution in [-0.4, -0.2) is 20.1 Å². The Morgan fingerprint density at radius 1 is 1.44 bits per heavy atom. The third-order valence-corrected chi connectivity index (χ3v) is 3.65. The third-order valence-electron chi connectivity index (χ3n) is 2.31. The molecule has 100 valence electrons. The van der Waals surface area contributed by atoms with Crippen molar-refractivity contribution in [1.82, 2.24) is 10.1 Å². The molecule has 8 heteroatoms. The van der Waals surface area contributed by atoms with Crippen molar-refractivity contribution in [2.45, 2.75) is 13.5 Å². The number of carbonyl (C=O) groups excluding carboxylic acids is 1. The lowest BCUT2D eigenvalue weighted by atomic mass is 10.1. The van der Waals surface area contributed by atoms with Crippen LogP contribution in [0, 0.1) is 5.82 Å². The zero-order valence-corrected chi connectivity index (χ0v) is 10.6. The van der Waals surface area contributed by atoms with Gasteiger partial charge in [0.05, 0.1) is 5.75 Å². The minimum Gasteiger partial charge on any atom is -0.290 e. The van der Waals surface area contributed by atoms with Gasteiger partial charge in [-0.25, -0.2) is 23.4 Å². The number of hydrogen-bond acceptors (Lipinski definition) is 4. The number of rotatable bonds is 5. The van der Waals surface area contributed by atoms with Gasteiger partial charge in [-0.2, -0.15) is 0 Å². The van der Waals surface area contributed by atoms with Crippen LogP contribution < -0.4 is 16.0 Å². The Kier molecular flexibility index (Phi) is 4.76. The minimum atomic E-state index is -3.38. The summed E-state index contributed by atoms with van der Waals surface area (Å²) in [5, 5.41) is 0. The molecule has 0 radical (unpaired) electrons. The Morgan fingerprint density at radius 2 is 2.11 bits per heavy atom. The van der Waals surface area contributed by atoms with E-state index < -0.39 is 21.7 Å². The maximum Gasteiger partial charge on any atom is 0.265 e. The lowest BCUT2D eigenvalue weighted by molar-refractivity contribution is 0.0953. The van der Waals surface area contributed by atoms with Crippen LogP contribution in [-0.2, 0) is 16.6 Å². The lowest BCUT2D eigenvalue weighted by Gasteiger charge is -2.07. The quantitative estimate of drug-likeness (QED) is 0.396. The zero-order chi connectivity index (χ0) is 13.8. The summed E-state index contributed by atoms with van der Waals surface area (Å²) in [6.07, 6.45) is 0. The molecule has 0 aliphatic carbocycles. The van der Waals surface area contributed by atoms with Gasteiger partial charge in [-0.1, -0.05) is 6.07 Å². The van der Waals surface area contributed by atoms with Gasteiger partial charge >= 0.3 is 0 Å². The van der Waals surface area contributed by atoms with Crippen LogP contribution in [0.1, 0.15) is 22.8 Å². The van der Waals surface area contributed by atoms with Crippen LogP contribution in [0.15, 0.2) is 18.2 Å². The summed E-state index contributed by atoms with van der Waals surface area (Å²) >= 11 is 0. The van der Waals surface area contributed by atoms with Gasteiger partial charge in [0, 0.05) is 17.7 Å². The molecule has 0 aromatic heterocycles. The van der Waals surface area contributed by atoms with Gasteiger partial charge in [0.15, 0.2) is 0 Å². The van der Waals surface area contributed by atoms with E-state index >= 15 is 0 Å². The van der Waals surface area contributed by atoms with E-state index in [-0.39, 0.29) is 23.4 Å². The molecule has 0 saturated heterocycles. The molecule has 1 amide bonds.